The van der Waals surface area contributed by atoms with Crippen LogP contribution in [0.25, 0.3) is 0 Å². The van der Waals surface area contributed by atoms with Crippen LogP contribution in [0.15, 0.2) is 24.3 Å². The van der Waals surface area contributed by atoms with Crippen LogP contribution in [0.1, 0.15) is 24.0 Å². The monoisotopic (exact) mass is 217 g/mol. The minimum Gasteiger partial charge on any atom is -0.379 e. The van der Waals surface area contributed by atoms with Crippen LogP contribution in [0, 0.1) is 6.92 Å². The van der Waals surface area contributed by atoms with Gasteiger partial charge in [0.25, 0.3) is 0 Å². The highest BCUT2D eigenvalue weighted by Gasteiger charge is 2.49. The van der Waals surface area contributed by atoms with Crippen molar-refractivity contribution in [3.8, 4) is 0 Å². The van der Waals surface area contributed by atoms with Gasteiger partial charge >= 0.3 is 0 Å². The topological polar surface area (TPSA) is 12.5 Å². The molecule has 0 bridgehead atoms. The molecule has 0 amide bonds. The van der Waals surface area contributed by atoms with Crippen molar-refractivity contribution in [1.82, 2.24) is 4.90 Å². The van der Waals surface area contributed by atoms with Crippen molar-refractivity contribution in [2.45, 2.75) is 25.3 Å². The summed E-state index contributed by atoms with van der Waals surface area (Å²) in [5.41, 5.74) is 3.21. The summed E-state index contributed by atoms with van der Waals surface area (Å²) in [6.45, 7) is 6.13. The summed E-state index contributed by atoms with van der Waals surface area (Å²) >= 11 is 0. The normalized spacial score (nSPS) is 24.3. The Labute approximate surface area is 97.2 Å². The van der Waals surface area contributed by atoms with Crippen LogP contribution in [-0.2, 0) is 10.3 Å². The van der Waals surface area contributed by atoms with Crippen molar-refractivity contribution >= 4 is 0 Å². The maximum absolute atomic E-state index is 5.44. The van der Waals surface area contributed by atoms with E-state index < -0.39 is 0 Å². The highest BCUT2D eigenvalue weighted by atomic mass is 16.5. The van der Waals surface area contributed by atoms with E-state index in [0.29, 0.717) is 5.54 Å². The molecule has 1 aliphatic carbocycles. The predicted molar refractivity (Wildman–Crippen MR) is 64.5 cm³/mol. The molecule has 0 unspecified atom stereocenters. The molecule has 2 heteroatoms. The van der Waals surface area contributed by atoms with Crippen LogP contribution in [0.2, 0.25) is 0 Å². The second kappa shape index (κ2) is 3.86. The smallest absolute Gasteiger partial charge is 0.0594 e. The maximum Gasteiger partial charge on any atom is 0.0594 e. The molecule has 0 radical (unpaired) electrons. The molecule has 0 aromatic heterocycles. The minimum absolute atomic E-state index is 0.359. The Kier molecular flexibility index (Phi) is 2.49. The summed E-state index contributed by atoms with van der Waals surface area (Å²) < 4.78 is 5.44. The third-order valence-corrected chi connectivity index (χ3v) is 3.93. The van der Waals surface area contributed by atoms with Gasteiger partial charge in [-0.15, -0.1) is 0 Å². The lowest BCUT2D eigenvalue weighted by Gasteiger charge is -2.35. The van der Waals surface area contributed by atoms with Gasteiger partial charge in [-0.2, -0.15) is 0 Å². The molecule has 3 rings (SSSR count). The van der Waals surface area contributed by atoms with Gasteiger partial charge in [0, 0.05) is 18.6 Å². The molecule has 0 atom stereocenters. The molecule has 1 aromatic rings. The number of benzene rings is 1. The molecule has 1 heterocycles. The zero-order valence-corrected chi connectivity index (χ0v) is 9.91. The third kappa shape index (κ3) is 1.66. The third-order valence-electron chi connectivity index (χ3n) is 3.93. The standard InChI is InChI=1S/C14H19NO/c1-12-2-4-13(5-3-12)14(6-7-14)15-8-10-16-11-9-15/h2-5H,6-11H2,1H3. The van der Waals surface area contributed by atoms with Crippen molar-refractivity contribution in [2.24, 2.45) is 0 Å². The summed E-state index contributed by atoms with van der Waals surface area (Å²) in [7, 11) is 0. The van der Waals surface area contributed by atoms with Crippen molar-refractivity contribution < 1.29 is 4.74 Å². The fraction of sp³-hybridized carbons (Fsp3) is 0.571. The van der Waals surface area contributed by atoms with Crippen LogP contribution < -0.4 is 0 Å². The van der Waals surface area contributed by atoms with Crippen LogP contribution in [0.5, 0.6) is 0 Å². The number of morpholine rings is 1. The zero-order chi connectivity index (χ0) is 11.0. The number of ether oxygens (including phenoxy) is 1. The van der Waals surface area contributed by atoms with E-state index in [9.17, 15) is 0 Å². The molecule has 0 N–H and O–H groups in total. The van der Waals surface area contributed by atoms with Gasteiger partial charge in [-0.25, -0.2) is 0 Å². The van der Waals surface area contributed by atoms with Gasteiger partial charge in [0.15, 0.2) is 0 Å². The highest BCUT2D eigenvalue weighted by Crippen LogP contribution is 2.51. The van der Waals surface area contributed by atoms with Gasteiger partial charge in [-0.3, -0.25) is 4.90 Å². The van der Waals surface area contributed by atoms with Gasteiger partial charge < -0.3 is 4.74 Å². The van der Waals surface area contributed by atoms with E-state index in [2.05, 4.69) is 36.1 Å². The van der Waals surface area contributed by atoms with Gasteiger partial charge in [0.2, 0.25) is 0 Å². The molecular formula is C14H19NO. The van der Waals surface area contributed by atoms with Crippen molar-refractivity contribution in [1.29, 1.82) is 0 Å². The molecule has 1 aromatic carbocycles. The Morgan fingerprint density at radius 1 is 1.06 bits per heavy atom. The van der Waals surface area contributed by atoms with Gasteiger partial charge in [0.1, 0.15) is 0 Å². The molecule has 1 aliphatic heterocycles. The summed E-state index contributed by atoms with van der Waals surface area (Å²) in [6, 6.07) is 9.07. The average Bonchev–Trinajstić information content (AvgIpc) is 3.13. The van der Waals surface area contributed by atoms with E-state index in [-0.39, 0.29) is 0 Å². The average molecular weight is 217 g/mol. The lowest BCUT2D eigenvalue weighted by atomic mass is 10.0. The molecule has 1 saturated carbocycles. The lowest BCUT2D eigenvalue weighted by Crippen LogP contribution is -2.43. The van der Waals surface area contributed by atoms with Gasteiger partial charge in [-0.05, 0) is 25.3 Å². The first kappa shape index (κ1) is 10.3. The quantitative estimate of drug-likeness (QED) is 0.754. The predicted octanol–water partition coefficient (Wildman–Crippen LogP) is 2.32. The summed E-state index contributed by atoms with van der Waals surface area (Å²) in [5.74, 6) is 0. The Morgan fingerprint density at radius 2 is 1.69 bits per heavy atom. The molecule has 0 spiro atoms. The van der Waals surface area contributed by atoms with Crippen LogP contribution in [-0.4, -0.2) is 31.2 Å². The molecule has 2 fully saturated rings. The first-order valence-corrected chi connectivity index (χ1v) is 6.21. The number of hydrogen-bond acceptors (Lipinski definition) is 2. The van der Waals surface area contributed by atoms with Crippen molar-refractivity contribution in [3.63, 3.8) is 0 Å². The summed E-state index contributed by atoms with van der Waals surface area (Å²) in [5, 5.41) is 0. The van der Waals surface area contributed by atoms with Crippen LogP contribution in [0.4, 0.5) is 0 Å². The zero-order valence-electron chi connectivity index (χ0n) is 9.91. The second-order valence-electron chi connectivity index (χ2n) is 5.00. The minimum atomic E-state index is 0.359. The molecule has 1 saturated heterocycles. The lowest BCUT2D eigenvalue weighted by molar-refractivity contribution is 0.00835. The summed E-state index contributed by atoms with van der Waals surface area (Å²) in [4.78, 5) is 2.61. The molecule has 2 nitrogen and oxygen atoms in total. The van der Waals surface area contributed by atoms with E-state index >= 15 is 0 Å². The Bertz CT molecular complexity index is 361. The molecular weight excluding hydrogens is 198 g/mol. The number of hydrogen-bond donors (Lipinski definition) is 0. The van der Waals surface area contributed by atoms with Crippen molar-refractivity contribution in [3.05, 3.63) is 35.4 Å². The SMILES string of the molecule is Cc1ccc(C2(N3CCOCC3)CC2)cc1. The van der Waals surface area contributed by atoms with E-state index in [4.69, 9.17) is 4.74 Å². The van der Waals surface area contributed by atoms with E-state index in [0.717, 1.165) is 26.3 Å². The summed E-state index contributed by atoms with van der Waals surface area (Å²) in [6.07, 6.45) is 2.63. The first-order valence-electron chi connectivity index (χ1n) is 6.21. The Morgan fingerprint density at radius 3 is 2.25 bits per heavy atom. The van der Waals surface area contributed by atoms with Crippen molar-refractivity contribution in [2.75, 3.05) is 26.3 Å². The highest BCUT2D eigenvalue weighted by molar-refractivity contribution is 5.32. The van der Waals surface area contributed by atoms with Crippen LogP contribution in [0.3, 0.4) is 0 Å². The van der Waals surface area contributed by atoms with E-state index in [1.54, 1.807) is 0 Å². The Balaban J connectivity index is 1.84. The second-order valence-corrected chi connectivity index (χ2v) is 5.00. The first-order chi connectivity index (χ1) is 7.81. The van der Waals surface area contributed by atoms with Gasteiger partial charge in [0.05, 0.1) is 13.2 Å². The maximum atomic E-state index is 5.44. The number of nitrogens with zero attached hydrogens (tertiary/aromatic N) is 1. The van der Waals surface area contributed by atoms with Crippen LogP contribution >= 0.6 is 0 Å². The fourth-order valence-corrected chi connectivity index (χ4v) is 2.76. The van der Waals surface area contributed by atoms with E-state index in [1.807, 2.05) is 0 Å². The molecule has 16 heavy (non-hydrogen) atoms. The van der Waals surface area contributed by atoms with E-state index in [1.165, 1.54) is 24.0 Å². The van der Waals surface area contributed by atoms with Gasteiger partial charge in [-0.1, -0.05) is 29.8 Å². The largest absolute Gasteiger partial charge is 0.379 e. The fourth-order valence-electron chi connectivity index (χ4n) is 2.76. The molecule has 86 valence electrons. The number of aryl methyl sites for hydroxylation is 1. The molecule has 2 aliphatic rings. The number of rotatable bonds is 2. The Hall–Kier alpha value is -0.860.